The molecule has 0 spiro atoms. The van der Waals surface area contributed by atoms with E-state index < -0.39 is 0 Å². The van der Waals surface area contributed by atoms with Crippen molar-refractivity contribution < 1.29 is 20.4 Å². The Bertz CT molecular complexity index is 322. The Hall–Kier alpha value is 0.194. The van der Waals surface area contributed by atoms with Crippen LogP contribution in [-0.4, -0.2) is 0 Å². The first-order chi connectivity index (χ1) is 7.20. The molecule has 0 N–H and O–H groups in total. The molecule has 81 valence electrons. The van der Waals surface area contributed by atoms with Gasteiger partial charge in [0.15, 0.2) is 0 Å². The molecule has 0 heterocycles. The second-order valence-electron chi connectivity index (χ2n) is 4.86. The van der Waals surface area contributed by atoms with Gasteiger partial charge in [-0.3, -0.25) is 0 Å². The van der Waals surface area contributed by atoms with Gasteiger partial charge in [-0.25, -0.2) is 0 Å². The fraction of sp³-hybridized carbons (Fsp3) is 0.714. The maximum atomic E-state index is 2.43. The third-order valence-corrected chi connectivity index (χ3v) is 5.04. The quantitative estimate of drug-likeness (QED) is 0.617. The molecule has 0 aliphatic heterocycles. The van der Waals surface area contributed by atoms with Crippen LogP contribution in [0, 0.1) is 5.92 Å². The zero-order valence-electron chi connectivity index (χ0n) is 10.2. The summed E-state index contributed by atoms with van der Waals surface area (Å²) in [7, 11) is 0. The summed E-state index contributed by atoms with van der Waals surface area (Å²) in [6.45, 7) is 7.04. The van der Waals surface area contributed by atoms with Crippen molar-refractivity contribution in [1.29, 1.82) is 0 Å². The van der Waals surface area contributed by atoms with E-state index in [1.165, 1.54) is 32.1 Å². The Balaban J connectivity index is 2.44. The van der Waals surface area contributed by atoms with Crippen LogP contribution in [-0.2, 0) is 20.4 Å². The fourth-order valence-electron chi connectivity index (χ4n) is 3.47. The van der Waals surface area contributed by atoms with Gasteiger partial charge in [-0.2, -0.15) is 0 Å². The topological polar surface area (TPSA) is 0 Å². The normalized spacial score (nSPS) is 31.1. The van der Waals surface area contributed by atoms with Crippen LogP contribution >= 0.6 is 0 Å². The van der Waals surface area contributed by atoms with Gasteiger partial charge in [-0.15, -0.1) is 0 Å². The van der Waals surface area contributed by atoms with Crippen LogP contribution in [0.3, 0.4) is 0 Å². The summed E-state index contributed by atoms with van der Waals surface area (Å²) >= 11 is 2.43. The van der Waals surface area contributed by atoms with E-state index in [2.05, 4.69) is 41.2 Å². The van der Waals surface area contributed by atoms with E-state index in [0.29, 0.717) is 0 Å². The van der Waals surface area contributed by atoms with E-state index in [0.717, 1.165) is 10.1 Å². The van der Waals surface area contributed by atoms with Gasteiger partial charge in [0, 0.05) is 0 Å². The van der Waals surface area contributed by atoms with Crippen molar-refractivity contribution in [2.24, 2.45) is 5.92 Å². The molecule has 0 bridgehead atoms. The Morgan fingerprint density at radius 3 is 2.67 bits per heavy atom. The molecule has 0 aromatic rings. The molecule has 2 aliphatic carbocycles. The van der Waals surface area contributed by atoms with Crippen LogP contribution in [0.25, 0.3) is 0 Å². The Morgan fingerprint density at radius 1 is 1.33 bits per heavy atom. The van der Waals surface area contributed by atoms with Crippen molar-refractivity contribution in [1.82, 2.24) is 0 Å². The molecule has 0 amide bonds. The van der Waals surface area contributed by atoms with E-state index >= 15 is 0 Å². The molecular weight excluding hydrogens is 216 g/mol. The average molecular weight is 237 g/mol. The summed E-state index contributed by atoms with van der Waals surface area (Å²) in [5, 5.41) is 0. The van der Waals surface area contributed by atoms with Crippen molar-refractivity contribution in [3.63, 3.8) is 0 Å². The number of hydrogen-bond donors (Lipinski definition) is 0. The van der Waals surface area contributed by atoms with Crippen molar-refractivity contribution in [2.75, 3.05) is 0 Å². The Morgan fingerprint density at radius 2 is 2.07 bits per heavy atom. The van der Waals surface area contributed by atoms with Crippen molar-refractivity contribution >= 4 is 0 Å². The van der Waals surface area contributed by atoms with Crippen molar-refractivity contribution in [3.05, 3.63) is 22.3 Å². The molecular formula is C14H21Ti. The van der Waals surface area contributed by atoms with E-state index in [-0.39, 0.29) is 0 Å². The van der Waals surface area contributed by atoms with Gasteiger partial charge in [0.1, 0.15) is 0 Å². The molecule has 15 heavy (non-hydrogen) atoms. The molecule has 0 saturated heterocycles. The molecule has 0 radical (unpaired) electrons. The van der Waals surface area contributed by atoms with Gasteiger partial charge >= 0.3 is 106 Å². The second-order valence-corrected chi connectivity index (χ2v) is 5.95. The summed E-state index contributed by atoms with van der Waals surface area (Å²) in [4.78, 5) is 0. The van der Waals surface area contributed by atoms with E-state index in [1.54, 1.807) is 16.7 Å². The Labute approximate surface area is 106 Å². The minimum absolute atomic E-state index is 0.803. The van der Waals surface area contributed by atoms with E-state index in [4.69, 9.17) is 0 Å². The molecule has 0 fully saturated rings. The summed E-state index contributed by atoms with van der Waals surface area (Å²) < 4.78 is 0.829. The van der Waals surface area contributed by atoms with Crippen LogP contribution in [0.5, 0.6) is 0 Å². The number of hydrogen-bond acceptors (Lipinski definition) is 0. The molecule has 0 aromatic carbocycles. The van der Waals surface area contributed by atoms with Crippen LogP contribution in [0.1, 0.15) is 52.9 Å². The van der Waals surface area contributed by atoms with Gasteiger partial charge in [-0.1, -0.05) is 0 Å². The molecule has 1 heteroatoms. The SMILES string of the molecule is CCC1=C(C)C(CC)C2=C1[CH]([Ti])CCC2. The standard InChI is InChI=1S/C14H21.Ti/c1-4-11-10(3)12(5-2)14-9-7-6-8-13(11)14;/h8,12H,4-7,9H2,1-3H3;. The molecule has 0 aromatic heterocycles. The molecule has 2 rings (SSSR count). The number of rotatable bonds is 2. The average Bonchev–Trinajstić information content (AvgIpc) is 2.51. The first-order valence-electron chi connectivity index (χ1n) is 6.34. The monoisotopic (exact) mass is 237 g/mol. The molecule has 2 atom stereocenters. The van der Waals surface area contributed by atoms with Gasteiger partial charge < -0.3 is 0 Å². The van der Waals surface area contributed by atoms with Crippen LogP contribution in [0.4, 0.5) is 0 Å². The summed E-state index contributed by atoms with van der Waals surface area (Å²) in [6, 6.07) is 0. The zero-order valence-corrected chi connectivity index (χ0v) is 11.8. The predicted octanol–water partition coefficient (Wildman–Crippen LogP) is 4.57. The Kier molecular flexibility index (Phi) is 3.57. The third kappa shape index (κ3) is 1.81. The van der Waals surface area contributed by atoms with Gasteiger partial charge in [0.05, 0.1) is 0 Å². The van der Waals surface area contributed by atoms with E-state index in [1.807, 2.05) is 5.57 Å². The molecule has 0 saturated carbocycles. The maximum absolute atomic E-state index is 2.43. The van der Waals surface area contributed by atoms with Crippen LogP contribution < -0.4 is 0 Å². The predicted molar refractivity (Wildman–Crippen MR) is 61.4 cm³/mol. The van der Waals surface area contributed by atoms with Gasteiger partial charge in [-0.05, 0) is 0 Å². The minimum atomic E-state index is 0.803. The van der Waals surface area contributed by atoms with Crippen molar-refractivity contribution in [2.45, 2.75) is 57.1 Å². The summed E-state index contributed by atoms with van der Waals surface area (Å²) in [6.07, 6.45) is 6.75. The number of allylic oxidation sites excluding steroid dienone is 4. The van der Waals surface area contributed by atoms with Crippen molar-refractivity contribution in [3.8, 4) is 0 Å². The second kappa shape index (κ2) is 4.59. The van der Waals surface area contributed by atoms with Gasteiger partial charge in [0.25, 0.3) is 0 Å². The third-order valence-electron chi connectivity index (χ3n) is 4.14. The fourth-order valence-corrected chi connectivity index (χ4v) is 4.35. The first kappa shape index (κ1) is 11.7. The van der Waals surface area contributed by atoms with Gasteiger partial charge in [0.2, 0.25) is 0 Å². The van der Waals surface area contributed by atoms with E-state index in [9.17, 15) is 0 Å². The summed E-state index contributed by atoms with van der Waals surface area (Å²) in [5.41, 5.74) is 6.99. The van der Waals surface area contributed by atoms with Crippen LogP contribution in [0.2, 0.25) is 4.22 Å². The molecule has 2 aliphatic rings. The zero-order chi connectivity index (χ0) is 11.0. The molecule has 2 unspecified atom stereocenters. The van der Waals surface area contributed by atoms with Crippen LogP contribution in [0.15, 0.2) is 22.3 Å². The first-order valence-corrected chi connectivity index (χ1v) is 7.24. The summed E-state index contributed by atoms with van der Waals surface area (Å²) in [5.74, 6) is 0.803. The molecule has 0 nitrogen and oxygen atoms in total.